The zero-order valence-corrected chi connectivity index (χ0v) is 11.8. The molecule has 1 fully saturated rings. The fraction of sp³-hybridized carbons (Fsp3) is 1.00. The summed E-state index contributed by atoms with van der Waals surface area (Å²) in [6.07, 6.45) is 11.3. The van der Waals surface area contributed by atoms with Crippen LogP contribution in [0.1, 0.15) is 71.6 Å². The molecule has 0 bridgehead atoms. The fourth-order valence-electron chi connectivity index (χ4n) is 2.38. The highest BCUT2D eigenvalue weighted by Crippen LogP contribution is 2.29. The number of hydrogen-bond donors (Lipinski definition) is 2. The quantitative estimate of drug-likeness (QED) is 0.699. The summed E-state index contributed by atoms with van der Waals surface area (Å²) in [6, 6.07) is 0. The predicted octanol–water partition coefficient (Wildman–Crippen LogP) is 3.75. The van der Waals surface area contributed by atoms with Crippen LogP contribution in [0.3, 0.4) is 0 Å². The summed E-state index contributed by atoms with van der Waals surface area (Å²) < 4.78 is 0. The van der Waals surface area contributed by atoms with Gasteiger partial charge in [-0.1, -0.05) is 58.8 Å². The van der Waals surface area contributed by atoms with Crippen molar-refractivity contribution in [3.05, 3.63) is 0 Å². The Morgan fingerprint density at radius 1 is 0.824 bits per heavy atom. The van der Waals surface area contributed by atoms with Crippen LogP contribution in [0.25, 0.3) is 0 Å². The molecule has 1 aliphatic carbocycles. The first-order valence-corrected chi connectivity index (χ1v) is 7.44. The Morgan fingerprint density at radius 3 is 1.59 bits per heavy atom. The van der Waals surface area contributed by atoms with E-state index in [4.69, 9.17) is 10.2 Å². The zero-order valence-electron chi connectivity index (χ0n) is 11.8. The molecule has 2 nitrogen and oxygen atoms in total. The summed E-state index contributed by atoms with van der Waals surface area (Å²) in [5, 5.41) is 16.6. The molecule has 0 aromatic carbocycles. The standard InChI is InChI=1S/C9H18.C6H14O2/c1-8(2)9-6-4-3-5-7-9;7-5-3-1-2-4-6-8/h8-9H,3-7H2,1-2H3;7-8H,1-6H2. The van der Waals surface area contributed by atoms with Crippen LogP contribution >= 0.6 is 0 Å². The minimum Gasteiger partial charge on any atom is -0.396 e. The molecule has 0 heterocycles. The van der Waals surface area contributed by atoms with Gasteiger partial charge in [0.1, 0.15) is 0 Å². The van der Waals surface area contributed by atoms with Gasteiger partial charge in [0, 0.05) is 13.2 Å². The van der Waals surface area contributed by atoms with Gasteiger partial charge in [0.15, 0.2) is 0 Å². The van der Waals surface area contributed by atoms with Crippen LogP contribution in [-0.2, 0) is 0 Å². The topological polar surface area (TPSA) is 40.5 Å². The van der Waals surface area contributed by atoms with Gasteiger partial charge in [0.2, 0.25) is 0 Å². The van der Waals surface area contributed by atoms with Gasteiger partial charge in [-0.3, -0.25) is 0 Å². The molecule has 2 heteroatoms. The third-order valence-corrected chi connectivity index (χ3v) is 3.66. The van der Waals surface area contributed by atoms with E-state index in [9.17, 15) is 0 Å². The van der Waals surface area contributed by atoms with Gasteiger partial charge in [-0.25, -0.2) is 0 Å². The number of unbranched alkanes of at least 4 members (excludes halogenated alkanes) is 3. The first kappa shape index (κ1) is 16.9. The Bertz CT molecular complexity index is 134. The van der Waals surface area contributed by atoms with E-state index in [0.717, 1.165) is 37.5 Å². The second-order valence-electron chi connectivity index (χ2n) is 5.50. The van der Waals surface area contributed by atoms with E-state index in [1.54, 1.807) is 0 Å². The molecule has 0 spiro atoms. The van der Waals surface area contributed by atoms with E-state index in [2.05, 4.69) is 13.8 Å². The van der Waals surface area contributed by atoms with Crippen molar-refractivity contribution in [2.24, 2.45) is 11.8 Å². The van der Waals surface area contributed by atoms with Crippen molar-refractivity contribution in [1.82, 2.24) is 0 Å². The highest BCUT2D eigenvalue weighted by molar-refractivity contribution is 4.67. The van der Waals surface area contributed by atoms with Crippen molar-refractivity contribution in [2.75, 3.05) is 13.2 Å². The number of aliphatic hydroxyl groups excluding tert-OH is 2. The average Bonchev–Trinajstić information content (AvgIpc) is 2.37. The SMILES string of the molecule is CC(C)C1CCCCC1.OCCCCCCO. The normalized spacial score (nSPS) is 16.8. The van der Waals surface area contributed by atoms with E-state index in [1.807, 2.05) is 0 Å². The largest absolute Gasteiger partial charge is 0.396 e. The maximum absolute atomic E-state index is 8.30. The first-order valence-electron chi connectivity index (χ1n) is 7.44. The lowest BCUT2D eigenvalue weighted by Crippen LogP contribution is -2.12. The Balaban J connectivity index is 0.000000304. The van der Waals surface area contributed by atoms with Crippen molar-refractivity contribution in [1.29, 1.82) is 0 Å². The average molecular weight is 244 g/mol. The molecule has 0 radical (unpaired) electrons. The molecule has 0 saturated heterocycles. The van der Waals surface area contributed by atoms with Crippen LogP contribution in [0, 0.1) is 11.8 Å². The van der Waals surface area contributed by atoms with Gasteiger partial charge in [-0.05, 0) is 24.7 Å². The van der Waals surface area contributed by atoms with Crippen LogP contribution in [0.2, 0.25) is 0 Å². The lowest BCUT2D eigenvalue weighted by Gasteiger charge is -2.24. The molecule has 2 N–H and O–H groups in total. The highest BCUT2D eigenvalue weighted by Gasteiger charge is 2.15. The van der Waals surface area contributed by atoms with Gasteiger partial charge >= 0.3 is 0 Å². The Morgan fingerprint density at radius 2 is 1.29 bits per heavy atom. The van der Waals surface area contributed by atoms with Crippen LogP contribution < -0.4 is 0 Å². The van der Waals surface area contributed by atoms with Gasteiger partial charge < -0.3 is 10.2 Å². The Hall–Kier alpha value is -0.0800. The second-order valence-corrected chi connectivity index (χ2v) is 5.50. The molecule has 104 valence electrons. The summed E-state index contributed by atoms with van der Waals surface area (Å²) in [4.78, 5) is 0. The molecule has 1 rings (SSSR count). The van der Waals surface area contributed by atoms with Crippen molar-refractivity contribution < 1.29 is 10.2 Å². The molecule has 17 heavy (non-hydrogen) atoms. The summed E-state index contributed by atoms with van der Waals surface area (Å²) in [6.45, 7) is 5.28. The van der Waals surface area contributed by atoms with Crippen LogP contribution in [0.4, 0.5) is 0 Å². The fourth-order valence-corrected chi connectivity index (χ4v) is 2.38. The Kier molecular flexibility index (Phi) is 12.3. The molecular formula is C15H32O2. The van der Waals surface area contributed by atoms with Crippen LogP contribution in [-0.4, -0.2) is 23.4 Å². The molecule has 0 aromatic rings. The molecule has 0 unspecified atom stereocenters. The van der Waals surface area contributed by atoms with Crippen molar-refractivity contribution >= 4 is 0 Å². The first-order chi connectivity index (χ1) is 8.22. The molecule has 0 amide bonds. The third kappa shape index (κ3) is 10.8. The number of aliphatic hydroxyl groups is 2. The zero-order chi connectivity index (χ0) is 12.9. The number of hydrogen-bond acceptors (Lipinski definition) is 2. The smallest absolute Gasteiger partial charge is 0.0431 e. The maximum Gasteiger partial charge on any atom is 0.0431 e. The minimum absolute atomic E-state index is 0.283. The van der Waals surface area contributed by atoms with Gasteiger partial charge in [0.05, 0.1) is 0 Å². The molecule has 0 atom stereocenters. The van der Waals surface area contributed by atoms with Crippen molar-refractivity contribution in [3.8, 4) is 0 Å². The minimum atomic E-state index is 0.283. The highest BCUT2D eigenvalue weighted by atomic mass is 16.3. The van der Waals surface area contributed by atoms with Gasteiger partial charge in [0.25, 0.3) is 0 Å². The van der Waals surface area contributed by atoms with Gasteiger partial charge in [-0.15, -0.1) is 0 Å². The van der Waals surface area contributed by atoms with Crippen LogP contribution in [0.5, 0.6) is 0 Å². The summed E-state index contributed by atoms with van der Waals surface area (Å²) in [5.74, 6) is 1.99. The lowest BCUT2D eigenvalue weighted by atomic mass is 9.82. The lowest BCUT2D eigenvalue weighted by molar-refractivity contribution is 0.265. The molecule has 0 aromatic heterocycles. The summed E-state index contributed by atoms with van der Waals surface area (Å²) >= 11 is 0. The number of rotatable bonds is 6. The molecular weight excluding hydrogens is 212 g/mol. The molecule has 0 aliphatic heterocycles. The van der Waals surface area contributed by atoms with Gasteiger partial charge in [-0.2, -0.15) is 0 Å². The predicted molar refractivity (Wildman–Crippen MR) is 74.1 cm³/mol. The molecule has 1 aliphatic rings. The van der Waals surface area contributed by atoms with E-state index in [0.29, 0.717) is 0 Å². The molecule has 1 saturated carbocycles. The van der Waals surface area contributed by atoms with Crippen molar-refractivity contribution in [2.45, 2.75) is 71.6 Å². The summed E-state index contributed by atoms with van der Waals surface area (Å²) in [5.41, 5.74) is 0. The second kappa shape index (κ2) is 12.4. The third-order valence-electron chi connectivity index (χ3n) is 3.66. The van der Waals surface area contributed by atoms with E-state index in [1.165, 1.54) is 32.1 Å². The van der Waals surface area contributed by atoms with E-state index < -0.39 is 0 Å². The Labute approximate surface area is 107 Å². The van der Waals surface area contributed by atoms with E-state index in [-0.39, 0.29) is 13.2 Å². The monoisotopic (exact) mass is 244 g/mol. The summed E-state index contributed by atoms with van der Waals surface area (Å²) in [7, 11) is 0. The van der Waals surface area contributed by atoms with E-state index >= 15 is 0 Å². The van der Waals surface area contributed by atoms with Crippen LogP contribution in [0.15, 0.2) is 0 Å². The van der Waals surface area contributed by atoms with Crippen molar-refractivity contribution in [3.63, 3.8) is 0 Å². The maximum atomic E-state index is 8.30.